The molecule has 180 valence electrons. The van der Waals surface area contributed by atoms with Crippen molar-refractivity contribution in [3.63, 3.8) is 0 Å². The third kappa shape index (κ3) is 4.52. The third-order valence-corrected chi connectivity index (χ3v) is 6.06. The van der Waals surface area contributed by atoms with Crippen molar-refractivity contribution in [1.82, 2.24) is 0 Å². The molecular weight excluding hydrogens is 442 g/mol. The van der Waals surface area contributed by atoms with Gasteiger partial charge in [0.25, 0.3) is 11.7 Å². The van der Waals surface area contributed by atoms with E-state index in [-0.39, 0.29) is 11.3 Å². The number of methoxy groups -OCH3 is 1. The van der Waals surface area contributed by atoms with Crippen LogP contribution < -0.4 is 14.4 Å². The molecule has 1 N–H and O–H groups in total. The SMILES string of the molecule is CCCOc1ccc(/C(O)=C2/C(=O)C(=O)N(c3ccccc3OC)C2c2cccc(C)c2)cc1C. The van der Waals surface area contributed by atoms with Gasteiger partial charge in [0.1, 0.15) is 17.3 Å². The van der Waals surface area contributed by atoms with Crippen LogP contribution in [0.3, 0.4) is 0 Å². The first-order valence-electron chi connectivity index (χ1n) is 11.6. The number of ether oxygens (including phenoxy) is 2. The van der Waals surface area contributed by atoms with Gasteiger partial charge in [0.15, 0.2) is 0 Å². The van der Waals surface area contributed by atoms with Gasteiger partial charge in [-0.15, -0.1) is 0 Å². The molecule has 1 saturated heterocycles. The van der Waals surface area contributed by atoms with E-state index in [1.165, 1.54) is 12.0 Å². The third-order valence-electron chi connectivity index (χ3n) is 6.06. The van der Waals surface area contributed by atoms with Crippen molar-refractivity contribution in [1.29, 1.82) is 0 Å². The number of benzene rings is 3. The van der Waals surface area contributed by atoms with Crippen LogP contribution in [0.1, 0.15) is 41.6 Å². The second kappa shape index (κ2) is 10.1. The maximum absolute atomic E-state index is 13.4. The van der Waals surface area contributed by atoms with E-state index >= 15 is 0 Å². The van der Waals surface area contributed by atoms with Crippen LogP contribution >= 0.6 is 0 Å². The molecule has 0 aliphatic carbocycles. The number of para-hydroxylation sites is 2. The van der Waals surface area contributed by atoms with Gasteiger partial charge in [-0.25, -0.2) is 0 Å². The minimum atomic E-state index is -0.817. The molecular formula is C29H29NO5. The van der Waals surface area contributed by atoms with E-state index in [4.69, 9.17) is 9.47 Å². The van der Waals surface area contributed by atoms with E-state index in [0.29, 0.717) is 29.4 Å². The van der Waals surface area contributed by atoms with Crippen LogP contribution in [0.5, 0.6) is 11.5 Å². The summed E-state index contributed by atoms with van der Waals surface area (Å²) in [6, 6.07) is 19.1. The normalized spacial score (nSPS) is 17.0. The van der Waals surface area contributed by atoms with Crippen molar-refractivity contribution in [2.24, 2.45) is 0 Å². The van der Waals surface area contributed by atoms with E-state index in [1.807, 2.05) is 45.0 Å². The van der Waals surface area contributed by atoms with E-state index < -0.39 is 17.7 Å². The summed E-state index contributed by atoms with van der Waals surface area (Å²) in [5, 5.41) is 11.4. The van der Waals surface area contributed by atoms with E-state index in [2.05, 4.69) is 0 Å². The van der Waals surface area contributed by atoms with Crippen LogP contribution in [0.15, 0.2) is 72.3 Å². The number of ketones is 1. The molecule has 0 spiro atoms. The van der Waals surface area contributed by atoms with Gasteiger partial charge in [0.05, 0.1) is 31.0 Å². The lowest BCUT2D eigenvalue weighted by molar-refractivity contribution is -0.132. The quantitative estimate of drug-likeness (QED) is 0.271. The highest BCUT2D eigenvalue weighted by atomic mass is 16.5. The zero-order valence-corrected chi connectivity index (χ0v) is 20.4. The predicted octanol–water partition coefficient (Wildman–Crippen LogP) is 5.73. The van der Waals surface area contributed by atoms with E-state index in [9.17, 15) is 14.7 Å². The Bertz CT molecular complexity index is 1310. The monoisotopic (exact) mass is 471 g/mol. The number of carbonyl (C=O) groups excluding carboxylic acids is 2. The van der Waals surface area contributed by atoms with Gasteiger partial charge in [0.2, 0.25) is 0 Å². The summed E-state index contributed by atoms with van der Waals surface area (Å²) in [4.78, 5) is 28.2. The largest absolute Gasteiger partial charge is 0.507 e. The number of Topliss-reactive ketones (excluding diaryl/α,β-unsaturated/α-hetero) is 1. The number of anilines is 1. The lowest BCUT2D eigenvalue weighted by Gasteiger charge is -2.27. The number of hydrogen-bond acceptors (Lipinski definition) is 5. The fourth-order valence-electron chi connectivity index (χ4n) is 4.39. The van der Waals surface area contributed by atoms with Crippen LogP contribution in [-0.2, 0) is 9.59 Å². The standard InChI is InChI=1S/C29H29NO5/c1-5-15-35-23-14-13-21(17-19(23)3)27(31)25-26(20-10-8-9-18(2)16-20)30(29(33)28(25)32)22-11-6-7-12-24(22)34-4/h6-14,16-17,26,31H,5,15H2,1-4H3/b27-25-. The van der Waals surface area contributed by atoms with Crippen molar-refractivity contribution in [3.8, 4) is 11.5 Å². The number of aliphatic hydroxyl groups is 1. The van der Waals surface area contributed by atoms with Crippen molar-refractivity contribution < 1.29 is 24.2 Å². The van der Waals surface area contributed by atoms with Crippen LogP contribution in [0.25, 0.3) is 5.76 Å². The molecule has 1 aliphatic rings. The molecule has 1 heterocycles. The van der Waals surface area contributed by atoms with Gasteiger partial charge in [-0.2, -0.15) is 0 Å². The fraction of sp³-hybridized carbons (Fsp3) is 0.241. The van der Waals surface area contributed by atoms with E-state index in [0.717, 1.165) is 23.1 Å². The molecule has 1 amide bonds. The van der Waals surface area contributed by atoms with Crippen LogP contribution in [-0.4, -0.2) is 30.5 Å². The van der Waals surface area contributed by atoms with Crippen LogP contribution in [0.2, 0.25) is 0 Å². The van der Waals surface area contributed by atoms with Gasteiger partial charge in [-0.3, -0.25) is 14.5 Å². The predicted molar refractivity (Wildman–Crippen MR) is 136 cm³/mol. The molecule has 35 heavy (non-hydrogen) atoms. The maximum atomic E-state index is 13.4. The molecule has 3 aromatic carbocycles. The highest BCUT2D eigenvalue weighted by Crippen LogP contribution is 2.45. The van der Waals surface area contributed by atoms with Gasteiger partial charge >= 0.3 is 0 Å². The van der Waals surface area contributed by atoms with Gasteiger partial charge < -0.3 is 14.6 Å². The molecule has 3 aromatic rings. The highest BCUT2D eigenvalue weighted by molar-refractivity contribution is 6.51. The molecule has 0 radical (unpaired) electrons. The van der Waals surface area contributed by atoms with Gasteiger partial charge in [-0.1, -0.05) is 48.9 Å². The Morgan fingerprint density at radius 2 is 1.74 bits per heavy atom. The molecule has 1 atom stereocenters. The van der Waals surface area contributed by atoms with Crippen molar-refractivity contribution in [2.45, 2.75) is 33.2 Å². The Labute approximate surface area is 205 Å². The van der Waals surface area contributed by atoms with Crippen LogP contribution in [0.4, 0.5) is 5.69 Å². The molecule has 6 heteroatoms. The Hall–Kier alpha value is -4.06. The highest BCUT2D eigenvalue weighted by Gasteiger charge is 2.47. The van der Waals surface area contributed by atoms with E-state index in [1.54, 1.807) is 42.5 Å². The second-order valence-electron chi connectivity index (χ2n) is 8.58. The molecule has 0 bridgehead atoms. The molecule has 4 rings (SSSR count). The Balaban J connectivity index is 1.91. The number of hydrogen-bond donors (Lipinski definition) is 1. The van der Waals surface area contributed by atoms with Crippen molar-refractivity contribution in [3.05, 3.63) is 94.6 Å². The Morgan fingerprint density at radius 3 is 2.43 bits per heavy atom. The number of aliphatic hydroxyl groups excluding tert-OH is 1. The van der Waals surface area contributed by atoms with Crippen molar-refractivity contribution in [2.75, 3.05) is 18.6 Å². The smallest absolute Gasteiger partial charge is 0.300 e. The minimum absolute atomic E-state index is 0.0353. The van der Waals surface area contributed by atoms with Gasteiger partial charge in [0, 0.05) is 5.56 Å². The summed E-state index contributed by atoms with van der Waals surface area (Å²) in [5.41, 5.74) is 3.46. The lowest BCUT2D eigenvalue weighted by atomic mass is 9.93. The number of aryl methyl sites for hydroxylation is 2. The molecule has 0 aromatic heterocycles. The fourth-order valence-corrected chi connectivity index (χ4v) is 4.39. The summed E-state index contributed by atoms with van der Waals surface area (Å²) in [5.74, 6) is -0.517. The average Bonchev–Trinajstić information content (AvgIpc) is 3.13. The van der Waals surface area contributed by atoms with Gasteiger partial charge in [-0.05, 0) is 61.7 Å². The molecule has 1 fully saturated rings. The Kier molecular flexibility index (Phi) is 6.92. The number of rotatable bonds is 7. The summed E-state index contributed by atoms with van der Waals surface area (Å²) < 4.78 is 11.2. The first-order valence-corrected chi connectivity index (χ1v) is 11.6. The number of carbonyl (C=O) groups is 2. The first-order chi connectivity index (χ1) is 16.9. The zero-order chi connectivity index (χ0) is 25.1. The summed E-state index contributed by atoms with van der Waals surface area (Å²) in [7, 11) is 1.52. The molecule has 1 unspecified atom stereocenters. The van der Waals surface area contributed by atoms with Crippen molar-refractivity contribution >= 4 is 23.1 Å². The topological polar surface area (TPSA) is 76.1 Å². The molecule has 0 saturated carbocycles. The first kappa shape index (κ1) is 24.1. The molecule has 1 aliphatic heterocycles. The zero-order valence-electron chi connectivity index (χ0n) is 20.4. The van der Waals surface area contributed by atoms with Crippen LogP contribution in [0, 0.1) is 13.8 Å². The average molecular weight is 472 g/mol. The minimum Gasteiger partial charge on any atom is -0.507 e. The number of nitrogens with zero attached hydrogens (tertiary/aromatic N) is 1. The summed E-state index contributed by atoms with van der Waals surface area (Å²) in [6.45, 7) is 6.44. The summed E-state index contributed by atoms with van der Waals surface area (Å²) in [6.07, 6.45) is 0.879. The maximum Gasteiger partial charge on any atom is 0.300 e. The number of amides is 1. The Morgan fingerprint density at radius 1 is 0.971 bits per heavy atom. The summed E-state index contributed by atoms with van der Waals surface area (Å²) >= 11 is 0. The molecule has 6 nitrogen and oxygen atoms in total. The lowest BCUT2D eigenvalue weighted by Crippen LogP contribution is -2.29. The second-order valence-corrected chi connectivity index (χ2v) is 8.58.